The quantitative estimate of drug-likeness (QED) is 0.165. The number of carboxylic acid groups (broad SMARTS) is 1. The maximum atomic E-state index is 10.1. The van der Waals surface area contributed by atoms with Crippen molar-refractivity contribution in [3.8, 4) is 0 Å². The Labute approximate surface area is 64.2 Å². The summed E-state index contributed by atoms with van der Waals surface area (Å²) < 4.78 is 0. The molecule has 0 aromatic rings. The first-order valence-corrected chi connectivity index (χ1v) is 3.11. The summed E-state index contributed by atoms with van der Waals surface area (Å²) in [5.74, 6) is 3.85. The van der Waals surface area contributed by atoms with E-state index >= 15 is 0 Å². The lowest BCUT2D eigenvalue weighted by Gasteiger charge is -2.01. The van der Waals surface area contributed by atoms with Crippen LogP contribution in [0, 0.1) is 0 Å². The monoisotopic (exact) mass is 160 g/mol. The molecule has 0 rings (SSSR count). The van der Waals surface area contributed by atoms with Crippen molar-refractivity contribution in [2.24, 2.45) is 16.6 Å². The second-order valence-corrected chi connectivity index (χ2v) is 1.94. The van der Waals surface area contributed by atoms with E-state index in [1.165, 1.54) is 6.34 Å². The Kier molecular flexibility index (Phi) is 5.05. The van der Waals surface area contributed by atoms with Crippen LogP contribution in [0.3, 0.4) is 0 Å². The molecule has 0 aliphatic carbocycles. The normalized spacial score (nSPS) is 13.3. The Bertz CT molecular complexity index is 147. The summed E-state index contributed by atoms with van der Waals surface area (Å²) in [5, 5.41) is 8.32. The van der Waals surface area contributed by atoms with Gasteiger partial charge in [0, 0.05) is 6.54 Å². The lowest BCUT2D eigenvalue weighted by atomic mass is 10.2. The molecule has 11 heavy (non-hydrogen) atoms. The molecule has 1 atom stereocenters. The van der Waals surface area contributed by atoms with E-state index in [9.17, 15) is 4.79 Å². The molecule has 6 heteroatoms. The summed E-state index contributed by atoms with van der Waals surface area (Å²) >= 11 is 0. The summed E-state index contributed by atoms with van der Waals surface area (Å²) in [6, 6.07) is -0.843. The van der Waals surface area contributed by atoms with Crippen LogP contribution in [-0.2, 0) is 4.79 Å². The Morgan fingerprint density at radius 2 is 2.45 bits per heavy atom. The van der Waals surface area contributed by atoms with Gasteiger partial charge in [0.25, 0.3) is 0 Å². The molecule has 0 aliphatic rings. The van der Waals surface area contributed by atoms with Crippen molar-refractivity contribution in [2.45, 2.75) is 12.5 Å². The van der Waals surface area contributed by atoms with Gasteiger partial charge < -0.3 is 16.3 Å². The molecule has 0 fully saturated rings. The average molecular weight is 160 g/mol. The molecule has 0 spiro atoms. The zero-order chi connectivity index (χ0) is 8.69. The highest BCUT2D eigenvalue weighted by atomic mass is 16.4. The zero-order valence-corrected chi connectivity index (χ0v) is 6.03. The molecule has 64 valence electrons. The fourth-order valence-electron chi connectivity index (χ4n) is 0.454. The van der Waals surface area contributed by atoms with E-state index in [0.29, 0.717) is 13.0 Å². The van der Waals surface area contributed by atoms with Crippen LogP contribution in [0.25, 0.3) is 0 Å². The van der Waals surface area contributed by atoms with Crippen molar-refractivity contribution in [1.82, 2.24) is 5.43 Å². The minimum absolute atomic E-state index is 0.313. The standard InChI is InChI=1S/C5H12N4O2/c6-4(5(10)11)1-2-8-3-9-7/h3-4H,1-2,6-7H2,(H,8,9)(H,10,11)/t4-/m1/s1. The third-order valence-electron chi connectivity index (χ3n) is 1.05. The summed E-state index contributed by atoms with van der Waals surface area (Å²) in [4.78, 5) is 13.9. The third kappa shape index (κ3) is 5.31. The van der Waals surface area contributed by atoms with Crippen molar-refractivity contribution >= 4 is 12.3 Å². The van der Waals surface area contributed by atoms with Crippen LogP contribution in [0.5, 0.6) is 0 Å². The van der Waals surface area contributed by atoms with E-state index < -0.39 is 12.0 Å². The van der Waals surface area contributed by atoms with Crippen LogP contribution in [0.4, 0.5) is 0 Å². The van der Waals surface area contributed by atoms with E-state index in [2.05, 4.69) is 10.4 Å². The molecule has 0 heterocycles. The Hall–Kier alpha value is -1.14. The van der Waals surface area contributed by atoms with Gasteiger partial charge in [0.15, 0.2) is 0 Å². The lowest BCUT2D eigenvalue weighted by Crippen LogP contribution is -2.30. The summed E-state index contributed by atoms with van der Waals surface area (Å²) in [5.41, 5.74) is 7.36. The molecule has 0 aliphatic heterocycles. The Balaban J connectivity index is 3.38. The third-order valence-corrected chi connectivity index (χ3v) is 1.05. The topological polar surface area (TPSA) is 114 Å². The van der Waals surface area contributed by atoms with Gasteiger partial charge in [0.1, 0.15) is 6.04 Å². The number of carboxylic acids is 1. The fourth-order valence-corrected chi connectivity index (χ4v) is 0.454. The van der Waals surface area contributed by atoms with E-state index in [1.807, 2.05) is 0 Å². The van der Waals surface area contributed by atoms with Gasteiger partial charge in [0.2, 0.25) is 0 Å². The van der Waals surface area contributed by atoms with Crippen LogP contribution >= 0.6 is 0 Å². The molecule has 0 aromatic heterocycles. The maximum Gasteiger partial charge on any atom is 0.320 e. The molecule has 0 unspecified atom stereocenters. The fraction of sp³-hybridized carbons (Fsp3) is 0.600. The first-order chi connectivity index (χ1) is 5.18. The number of nitrogens with one attached hydrogen (secondary N) is 1. The molecule has 0 bridgehead atoms. The highest BCUT2D eigenvalue weighted by molar-refractivity contribution is 5.73. The van der Waals surface area contributed by atoms with E-state index in [0.717, 1.165) is 0 Å². The largest absolute Gasteiger partial charge is 0.480 e. The second-order valence-electron chi connectivity index (χ2n) is 1.94. The SMILES string of the molecule is NNC=NCC[C@@H](N)C(=O)O. The highest BCUT2D eigenvalue weighted by Gasteiger charge is 2.08. The number of rotatable bonds is 5. The van der Waals surface area contributed by atoms with E-state index in [-0.39, 0.29) is 0 Å². The van der Waals surface area contributed by atoms with Crippen molar-refractivity contribution < 1.29 is 9.90 Å². The highest BCUT2D eigenvalue weighted by Crippen LogP contribution is 1.87. The Morgan fingerprint density at radius 3 is 2.91 bits per heavy atom. The molecule has 6 nitrogen and oxygen atoms in total. The predicted octanol–water partition coefficient (Wildman–Crippen LogP) is -1.72. The molecule has 0 amide bonds. The van der Waals surface area contributed by atoms with Gasteiger partial charge in [-0.25, -0.2) is 5.84 Å². The number of hydrazine groups is 1. The number of aliphatic carboxylic acids is 1. The first-order valence-electron chi connectivity index (χ1n) is 3.11. The molecule has 0 radical (unpaired) electrons. The molecule has 0 aromatic carbocycles. The average Bonchev–Trinajstić information content (AvgIpc) is 1.97. The smallest absolute Gasteiger partial charge is 0.320 e. The number of nitrogens with zero attached hydrogens (tertiary/aromatic N) is 1. The first kappa shape index (κ1) is 9.86. The van der Waals surface area contributed by atoms with Crippen molar-refractivity contribution in [3.63, 3.8) is 0 Å². The van der Waals surface area contributed by atoms with Crippen LogP contribution in [0.15, 0.2) is 4.99 Å². The van der Waals surface area contributed by atoms with Gasteiger partial charge >= 0.3 is 5.97 Å². The predicted molar refractivity (Wildman–Crippen MR) is 40.9 cm³/mol. The van der Waals surface area contributed by atoms with E-state index in [4.69, 9.17) is 16.7 Å². The van der Waals surface area contributed by atoms with Gasteiger partial charge in [0.05, 0.1) is 6.34 Å². The maximum absolute atomic E-state index is 10.1. The number of nitrogens with two attached hydrogens (primary N) is 2. The van der Waals surface area contributed by atoms with Gasteiger partial charge in [-0.2, -0.15) is 0 Å². The van der Waals surface area contributed by atoms with Gasteiger partial charge in [-0.3, -0.25) is 9.79 Å². The number of hydrogen-bond acceptors (Lipinski definition) is 4. The molecule has 0 saturated heterocycles. The minimum Gasteiger partial charge on any atom is -0.480 e. The minimum atomic E-state index is -1.01. The van der Waals surface area contributed by atoms with Crippen molar-refractivity contribution in [2.75, 3.05) is 6.54 Å². The molecule has 0 saturated carbocycles. The van der Waals surface area contributed by atoms with Gasteiger partial charge in [-0.1, -0.05) is 0 Å². The van der Waals surface area contributed by atoms with E-state index in [1.54, 1.807) is 0 Å². The molecular formula is C5H12N4O2. The molecular weight excluding hydrogens is 148 g/mol. The van der Waals surface area contributed by atoms with Gasteiger partial charge in [-0.05, 0) is 6.42 Å². The van der Waals surface area contributed by atoms with Crippen molar-refractivity contribution in [3.05, 3.63) is 0 Å². The number of hydrogen-bond donors (Lipinski definition) is 4. The second kappa shape index (κ2) is 5.63. The number of carbonyl (C=O) groups is 1. The van der Waals surface area contributed by atoms with Crippen LogP contribution in [-0.4, -0.2) is 30.0 Å². The van der Waals surface area contributed by atoms with Crippen LogP contribution in [0.1, 0.15) is 6.42 Å². The lowest BCUT2D eigenvalue weighted by molar-refractivity contribution is -0.138. The zero-order valence-electron chi connectivity index (χ0n) is 6.03. The van der Waals surface area contributed by atoms with Gasteiger partial charge in [-0.15, -0.1) is 0 Å². The summed E-state index contributed by atoms with van der Waals surface area (Å²) in [6.07, 6.45) is 1.60. The summed E-state index contributed by atoms with van der Waals surface area (Å²) in [6.45, 7) is 0.359. The molecule has 6 N–H and O–H groups in total. The Morgan fingerprint density at radius 1 is 1.82 bits per heavy atom. The van der Waals surface area contributed by atoms with Crippen molar-refractivity contribution in [1.29, 1.82) is 0 Å². The van der Waals surface area contributed by atoms with Crippen LogP contribution < -0.4 is 17.0 Å². The summed E-state index contributed by atoms with van der Waals surface area (Å²) in [7, 11) is 0. The van der Waals surface area contributed by atoms with Crippen LogP contribution in [0.2, 0.25) is 0 Å². The number of aliphatic imine (C=N–C) groups is 1.